The molecular weight excluding hydrogens is 478 g/mol. The summed E-state index contributed by atoms with van der Waals surface area (Å²) < 4.78 is 15.8. The number of non-ortho nitro benzene ring substituents is 1. The molecule has 12 nitrogen and oxygen atoms in total. The van der Waals surface area contributed by atoms with Crippen molar-refractivity contribution in [2.24, 2.45) is 10.1 Å². The summed E-state index contributed by atoms with van der Waals surface area (Å²) in [4.78, 5) is 40.5. The Morgan fingerprint density at radius 3 is 2.86 bits per heavy atom. The maximum atomic E-state index is 13.0. The number of amidine groups is 1. The fraction of sp³-hybridized carbons (Fsp3) is 0.273. The van der Waals surface area contributed by atoms with Gasteiger partial charge in [-0.3, -0.25) is 24.7 Å². The number of aliphatic imine (C=N–C) groups is 1. The number of methoxy groups -OCH3 is 1. The van der Waals surface area contributed by atoms with Gasteiger partial charge in [0.25, 0.3) is 11.6 Å². The van der Waals surface area contributed by atoms with Crippen LogP contribution in [0, 0.1) is 10.1 Å². The van der Waals surface area contributed by atoms with Gasteiger partial charge in [0, 0.05) is 25.1 Å². The van der Waals surface area contributed by atoms with E-state index in [0.717, 1.165) is 11.8 Å². The second kappa shape index (κ2) is 10.4. The van der Waals surface area contributed by atoms with E-state index in [9.17, 15) is 19.7 Å². The third-order valence-electron chi connectivity index (χ3n) is 4.96. The lowest BCUT2D eigenvalue weighted by molar-refractivity contribution is -0.384. The van der Waals surface area contributed by atoms with E-state index in [2.05, 4.69) is 15.4 Å². The molecule has 1 N–H and O–H groups in total. The molecule has 1 fully saturated rings. The van der Waals surface area contributed by atoms with Crippen LogP contribution in [-0.4, -0.2) is 58.8 Å². The number of hydrazone groups is 1. The predicted molar refractivity (Wildman–Crippen MR) is 129 cm³/mol. The number of carbonyl (C=O) groups is 2. The molecule has 2 aliphatic heterocycles. The number of hydrogen-bond donors (Lipinski definition) is 1. The lowest BCUT2D eigenvalue weighted by Gasteiger charge is -2.11. The number of rotatable bonds is 8. The molecule has 0 aromatic heterocycles. The molecule has 35 heavy (non-hydrogen) atoms. The van der Waals surface area contributed by atoms with Crippen LogP contribution in [0.1, 0.15) is 18.9 Å². The van der Waals surface area contributed by atoms with Gasteiger partial charge in [-0.2, -0.15) is 10.1 Å². The Labute approximate surface area is 204 Å². The maximum Gasteiger partial charge on any atom is 0.271 e. The molecule has 2 aromatic rings. The summed E-state index contributed by atoms with van der Waals surface area (Å²) in [5.41, 5.74) is 0.637. The van der Waals surface area contributed by atoms with Gasteiger partial charge >= 0.3 is 0 Å². The number of carbonyl (C=O) groups excluding carboxylic acids is 2. The first-order valence-corrected chi connectivity index (χ1v) is 11.4. The topological polar surface area (TPSA) is 145 Å². The smallest absolute Gasteiger partial charge is 0.271 e. The SMILES string of the molecule is CCN=C1S[C@H](CC(=O)Nc2cc([N+](=O)[O-])ccc2OC)C(=O)N1/N=C\c1ccc2c(c1)OCO2. The Morgan fingerprint density at radius 2 is 2.11 bits per heavy atom. The first-order chi connectivity index (χ1) is 16.9. The number of nitrogens with one attached hydrogen (secondary N) is 1. The van der Waals surface area contributed by atoms with E-state index in [1.807, 2.05) is 6.92 Å². The van der Waals surface area contributed by atoms with Crippen molar-refractivity contribution in [1.29, 1.82) is 0 Å². The second-order valence-electron chi connectivity index (χ2n) is 7.26. The van der Waals surface area contributed by atoms with Crippen LogP contribution in [0.15, 0.2) is 46.5 Å². The highest BCUT2D eigenvalue weighted by Crippen LogP contribution is 2.34. The van der Waals surface area contributed by atoms with Crippen LogP contribution in [0.3, 0.4) is 0 Å². The van der Waals surface area contributed by atoms with Gasteiger partial charge in [-0.1, -0.05) is 11.8 Å². The van der Waals surface area contributed by atoms with Gasteiger partial charge in [0.15, 0.2) is 16.7 Å². The molecule has 0 unspecified atom stereocenters. The quantitative estimate of drug-likeness (QED) is 0.331. The van der Waals surface area contributed by atoms with Crippen LogP contribution in [-0.2, 0) is 9.59 Å². The largest absolute Gasteiger partial charge is 0.495 e. The number of amides is 2. The molecule has 0 saturated carbocycles. The number of anilines is 1. The number of fused-ring (bicyclic) bond motifs is 1. The molecule has 2 aliphatic rings. The van der Waals surface area contributed by atoms with Gasteiger partial charge in [-0.05, 0) is 36.8 Å². The van der Waals surface area contributed by atoms with Crippen molar-refractivity contribution < 1.29 is 28.7 Å². The number of nitrogens with zero attached hydrogens (tertiary/aromatic N) is 4. The molecule has 0 radical (unpaired) electrons. The number of hydrogen-bond acceptors (Lipinski definition) is 10. The molecular formula is C22H21N5O7S. The van der Waals surface area contributed by atoms with Crippen molar-refractivity contribution in [2.45, 2.75) is 18.6 Å². The maximum absolute atomic E-state index is 13.0. The van der Waals surface area contributed by atoms with Crippen molar-refractivity contribution in [3.63, 3.8) is 0 Å². The Hall–Kier alpha value is -4.13. The van der Waals surface area contributed by atoms with Crippen LogP contribution < -0.4 is 19.5 Å². The summed E-state index contributed by atoms with van der Waals surface area (Å²) in [6, 6.07) is 9.13. The first-order valence-electron chi connectivity index (χ1n) is 10.5. The van der Waals surface area contributed by atoms with Crippen LogP contribution >= 0.6 is 11.8 Å². The zero-order chi connectivity index (χ0) is 24.9. The van der Waals surface area contributed by atoms with Crippen molar-refractivity contribution >= 4 is 46.3 Å². The van der Waals surface area contributed by atoms with Gasteiger partial charge in [0.2, 0.25) is 12.7 Å². The van der Waals surface area contributed by atoms with Crippen molar-refractivity contribution in [3.05, 3.63) is 52.1 Å². The highest BCUT2D eigenvalue weighted by Gasteiger charge is 2.39. The molecule has 0 spiro atoms. The highest BCUT2D eigenvalue weighted by atomic mass is 32.2. The third-order valence-corrected chi connectivity index (χ3v) is 6.13. The monoisotopic (exact) mass is 499 g/mol. The summed E-state index contributed by atoms with van der Waals surface area (Å²) in [5.74, 6) is 0.573. The minimum Gasteiger partial charge on any atom is -0.495 e. The van der Waals surface area contributed by atoms with E-state index in [0.29, 0.717) is 28.8 Å². The minimum atomic E-state index is -0.765. The zero-order valence-electron chi connectivity index (χ0n) is 18.8. The Bertz CT molecular complexity index is 1230. The Kier molecular flexibility index (Phi) is 7.15. The van der Waals surface area contributed by atoms with Crippen LogP contribution in [0.2, 0.25) is 0 Å². The summed E-state index contributed by atoms with van der Waals surface area (Å²) in [5, 5.41) is 18.7. The molecule has 13 heteroatoms. The molecule has 2 heterocycles. The van der Waals surface area contributed by atoms with Gasteiger partial charge in [-0.25, -0.2) is 0 Å². The lowest BCUT2D eigenvalue weighted by Crippen LogP contribution is -2.30. The van der Waals surface area contributed by atoms with E-state index < -0.39 is 22.0 Å². The number of nitro groups is 1. The van der Waals surface area contributed by atoms with E-state index >= 15 is 0 Å². The van der Waals surface area contributed by atoms with Gasteiger partial charge in [-0.15, -0.1) is 0 Å². The first kappa shape index (κ1) is 24.0. The highest BCUT2D eigenvalue weighted by molar-refractivity contribution is 8.15. The molecule has 0 aliphatic carbocycles. The predicted octanol–water partition coefficient (Wildman–Crippen LogP) is 3.01. The average molecular weight is 500 g/mol. The van der Waals surface area contributed by atoms with E-state index in [1.165, 1.54) is 36.5 Å². The molecule has 0 bridgehead atoms. The van der Waals surface area contributed by atoms with E-state index in [4.69, 9.17) is 14.2 Å². The normalized spacial score (nSPS) is 17.9. The van der Waals surface area contributed by atoms with E-state index in [-0.39, 0.29) is 30.3 Å². The molecule has 2 aromatic carbocycles. The number of thioether (sulfide) groups is 1. The molecule has 1 saturated heterocycles. The molecule has 182 valence electrons. The summed E-state index contributed by atoms with van der Waals surface area (Å²) >= 11 is 1.13. The third kappa shape index (κ3) is 5.35. The minimum absolute atomic E-state index is 0.141. The fourth-order valence-corrected chi connectivity index (χ4v) is 4.46. The number of ether oxygens (including phenoxy) is 3. The van der Waals surface area contributed by atoms with Crippen molar-refractivity contribution in [2.75, 3.05) is 25.8 Å². The molecule has 2 amide bonds. The van der Waals surface area contributed by atoms with Crippen molar-refractivity contribution in [3.8, 4) is 17.2 Å². The number of benzene rings is 2. The molecule has 1 atom stereocenters. The van der Waals surface area contributed by atoms with Gasteiger partial charge in [0.1, 0.15) is 11.0 Å². The van der Waals surface area contributed by atoms with Gasteiger partial charge < -0.3 is 19.5 Å². The number of nitro benzene ring substituents is 1. The van der Waals surface area contributed by atoms with E-state index in [1.54, 1.807) is 18.2 Å². The van der Waals surface area contributed by atoms with Crippen LogP contribution in [0.25, 0.3) is 0 Å². The lowest BCUT2D eigenvalue weighted by atomic mass is 10.2. The zero-order valence-corrected chi connectivity index (χ0v) is 19.6. The summed E-state index contributed by atoms with van der Waals surface area (Å²) in [6.07, 6.45) is 1.32. The van der Waals surface area contributed by atoms with Gasteiger partial charge in [0.05, 0.1) is 23.9 Å². The average Bonchev–Trinajstić information content (AvgIpc) is 3.42. The van der Waals surface area contributed by atoms with Crippen molar-refractivity contribution in [1.82, 2.24) is 5.01 Å². The molecule has 4 rings (SSSR count). The summed E-state index contributed by atoms with van der Waals surface area (Å²) in [7, 11) is 1.39. The fourth-order valence-electron chi connectivity index (χ4n) is 3.33. The Morgan fingerprint density at radius 1 is 1.31 bits per heavy atom. The second-order valence-corrected chi connectivity index (χ2v) is 8.43. The van der Waals surface area contributed by atoms with Crippen LogP contribution in [0.5, 0.6) is 17.2 Å². The summed E-state index contributed by atoms with van der Waals surface area (Å²) in [6.45, 7) is 2.40. The standard InChI is InChI=1S/C22H21N5O7S/c1-3-23-22-26(24-11-13-4-6-17-18(8-13)34-12-33-17)21(29)19(35-22)10-20(28)25-15-9-14(27(30)31)5-7-16(15)32-2/h4-9,11,19H,3,10,12H2,1-2H3,(H,25,28)/b23-22?,24-11-/t19-/m1/s1. The Balaban J connectivity index is 1.47. The van der Waals surface area contributed by atoms with Crippen LogP contribution in [0.4, 0.5) is 11.4 Å².